The average Bonchev–Trinajstić information content (AvgIpc) is 2.74. The fraction of sp³-hybridized carbons (Fsp3) is 0.200. The first-order valence-corrected chi connectivity index (χ1v) is 9.51. The van der Waals surface area contributed by atoms with E-state index in [-0.39, 0.29) is 10.9 Å². The highest BCUT2D eigenvalue weighted by Gasteiger charge is 2.36. The van der Waals surface area contributed by atoms with Crippen LogP contribution >= 0.6 is 31.9 Å². The van der Waals surface area contributed by atoms with E-state index in [0.717, 1.165) is 22.1 Å². The van der Waals surface area contributed by atoms with Gasteiger partial charge in [0, 0.05) is 15.0 Å². The van der Waals surface area contributed by atoms with Gasteiger partial charge >= 0.3 is 0 Å². The molecule has 0 N–H and O–H groups in total. The lowest BCUT2D eigenvalue weighted by Crippen LogP contribution is -2.35. The molecular weight excluding hydrogens is 418 g/mol. The summed E-state index contributed by atoms with van der Waals surface area (Å²) in [4.78, 5) is 0.286. The predicted molar refractivity (Wildman–Crippen MR) is 91.1 cm³/mol. The number of anilines is 1. The number of halogens is 2. The van der Waals surface area contributed by atoms with E-state index >= 15 is 0 Å². The first-order valence-electron chi connectivity index (χ1n) is 6.48. The molecule has 0 amide bonds. The van der Waals surface area contributed by atoms with Gasteiger partial charge in [0.05, 0.1) is 5.69 Å². The van der Waals surface area contributed by atoms with Crippen LogP contribution in [0.25, 0.3) is 0 Å². The minimum Gasteiger partial charge on any atom is -0.263 e. The summed E-state index contributed by atoms with van der Waals surface area (Å²) in [5.41, 5.74) is 1.85. The molecule has 0 saturated carbocycles. The SMILES string of the molecule is C[C@@H]1Cc2ccccc2N1S(=O)(=O)c1ccc(Br)cc1Br. The number of rotatable bonds is 2. The van der Waals surface area contributed by atoms with E-state index in [4.69, 9.17) is 0 Å². The number of fused-ring (bicyclic) bond motifs is 1. The topological polar surface area (TPSA) is 37.4 Å². The van der Waals surface area contributed by atoms with Gasteiger partial charge in [0.2, 0.25) is 0 Å². The Bertz CT molecular complexity index is 805. The zero-order chi connectivity index (χ0) is 15.2. The number of para-hydroxylation sites is 1. The molecule has 1 aliphatic heterocycles. The first kappa shape index (κ1) is 15.1. The van der Waals surface area contributed by atoms with E-state index in [0.29, 0.717) is 4.47 Å². The zero-order valence-electron chi connectivity index (χ0n) is 11.3. The van der Waals surface area contributed by atoms with Crippen molar-refractivity contribution in [2.45, 2.75) is 24.3 Å². The van der Waals surface area contributed by atoms with Gasteiger partial charge < -0.3 is 0 Å². The molecule has 0 saturated heterocycles. The van der Waals surface area contributed by atoms with Gasteiger partial charge in [-0.05, 0) is 59.1 Å². The normalized spacial score (nSPS) is 17.9. The monoisotopic (exact) mass is 429 g/mol. The molecule has 2 aromatic carbocycles. The Hall–Kier alpha value is -0.850. The van der Waals surface area contributed by atoms with Crippen molar-refractivity contribution in [1.29, 1.82) is 0 Å². The van der Waals surface area contributed by atoms with Gasteiger partial charge in [-0.25, -0.2) is 8.42 Å². The molecule has 0 spiro atoms. The lowest BCUT2D eigenvalue weighted by molar-refractivity contribution is 0.583. The minimum absolute atomic E-state index is 0.0806. The smallest absolute Gasteiger partial charge is 0.263 e. The number of sulfonamides is 1. The van der Waals surface area contributed by atoms with E-state index in [1.54, 1.807) is 18.2 Å². The van der Waals surface area contributed by atoms with Crippen molar-refractivity contribution in [3.63, 3.8) is 0 Å². The van der Waals surface area contributed by atoms with Crippen LogP contribution in [0.1, 0.15) is 12.5 Å². The van der Waals surface area contributed by atoms with Crippen molar-refractivity contribution in [2.75, 3.05) is 4.31 Å². The van der Waals surface area contributed by atoms with Crippen LogP contribution in [0.15, 0.2) is 56.3 Å². The standard InChI is InChI=1S/C15H13Br2NO2S/c1-10-8-11-4-2-3-5-14(11)18(10)21(19,20)15-7-6-12(16)9-13(15)17/h2-7,9-10H,8H2,1H3/t10-/m1/s1. The van der Waals surface area contributed by atoms with Crippen LogP contribution in [0, 0.1) is 0 Å². The molecule has 3 rings (SSSR count). The highest BCUT2D eigenvalue weighted by atomic mass is 79.9. The van der Waals surface area contributed by atoms with Gasteiger partial charge in [-0.1, -0.05) is 34.1 Å². The molecule has 6 heteroatoms. The van der Waals surface area contributed by atoms with Crippen LogP contribution in [0.5, 0.6) is 0 Å². The molecule has 0 aliphatic carbocycles. The summed E-state index contributed by atoms with van der Waals surface area (Å²) in [6.07, 6.45) is 0.740. The third-order valence-electron chi connectivity index (χ3n) is 3.58. The second-order valence-electron chi connectivity index (χ2n) is 5.06. The van der Waals surface area contributed by atoms with Crippen molar-refractivity contribution in [3.05, 3.63) is 57.0 Å². The number of benzene rings is 2. The molecule has 0 radical (unpaired) electrons. The molecule has 21 heavy (non-hydrogen) atoms. The van der Waals surface area contributed by atoms with Gasteiger partial charge in [0.1, 0.15) is 4.90 Å². The maximum atomic E-state index is 13.0. The molecule has 0 aromatic heterocycles. The van der Waals surface area contributed by atoms with Gasteiger partial charge in [0.25, 0.3) is 10.0 Å². The highest BCUT2D eigenvalue weighted by molar-refractivity contribution is 9.11. The molecule has 1 aliphatic rings. The summed E-state index contributed by atoms with van der Waals surface area (Å²) < 4.78 is 29.0. The summed E-state index contributed by atoms with van der Waals surface area (Å²) in [6.45, 7) is 1.93. The Morgan fingerprint density at radius 2 is 1.86 bits per heavy atom. The van der Waals surface area contributed by atoms with E-state index < -0.39 is 10.0 Å². The molecule has 0 fully saturated rings. The van der Waals surface area contributed by atoms with Crippen LogP contribution in [0.3, 0.4) is 0 Å². The fourth-order valence-corrected chi connectivity index (χ4v) is 6.10. The molecule has 0 bridgehead atoms. The molecule has 3 nitrogen and oxygen atoms in total. The second kappa shape index (κ2) is 5.41. The summed E-state index contributed by atoms with van der Waals surface area (Å²) in [5, 5.41) is 0. The van der Waals surface area contributed by atoms with Crippen LogP contribution < -0.4 is 4.31 Å². The second-order valence-corrected chi connectivity index (χ2v) is 8.61. The van der Waals surface area contributed by atoms with Crippen LogP contribution in [0.2, 0.25) is 0 Å². The first-order chi connectivity index (χ1) is 9.91. The van der Waals surface area contributed by atoms with E-state index in [1.165, 1.54) is 4.31 Å². The Morgan fingerprint density at radius 1 is 1.14 bits per heavy atom. The quantitative estimate of drug-likeness (QED) is 0.710. The molecule has 0 unspecified atom stereocenters. The number of nitrogens with zero attached hydrogens (tertiary/aromatic N) is 1. The number of hydrogen-bond acceptors (Lipinski definition) is 2. The highest BCUT2D eigenvalue weighted by Crippen LogP contribution is 2.38. The summed E-state index contributed by atoms with van der Waals surface area (Å²) in [5.74, 6) is 0. The Morgan fingerprint density at radius 3 is 2.57 bits per heavy atom. The minimum atomic E-state index is -3.58. The summed E-state index contributed by atoms with van der Waals surface area (Å²) in [6, 6.07) is 12.7. The zero-order valence-corrected chi connectivity index (χ0v) is 15.2. The van der Waals surface area contributed by atoms with Crippen LogP contribution in [0.4, 0.5) is 5.69 Å². The van der Waals surface area contributed by atoms with Gasteiger partial charge in [0.15, 0.2) is 0 Å². The van der Waals surface area contributed by atoms with Crippen molar-refractivity contribution in [1.82, 2.24) is 0 Å². The summed E-state index contributed by atoms with van der Waals surface area (Å²) in [7, 11) is -3.58. The fourth-order valence-electron chi connectivity index (χ4n) is 2.69. The maximum absolute atomic E-state index is 13.0. The Balaban J connectivity index is 2.15. The third-order valence-corrected chi connectivity index (χ3v) is 6.97. The van der Waals surface area contributed by atoms with Gasteiger partial charge in [-0.3, -0.25) is 4.31 Å². The van der Waals surface area contributed by atoms with Crippen LogP contribution in [-0.2, 0) is 16.4 Å². The maximum Gasteiger partial charge on any atom is 0.265 e. The average molecular weight is 431 g/mol. The predicted octanol–water partition coefficient (Wildman–Crippen LogP) is 4.35. The molecular formula is C15H13Br2NO2S. The van der Waals surface area contributed by atoms with E-state index in [1.807, 2.05) is 31.2 Å². The number of hydrogen-bond donors (Lipinski definition) is 0. The lowest BCUT2D eigenvalue weighted by atomic mass is 10.1. The Labute approximate surface area is 141 Å². The molecule has 2 aromatic rings. The van der Waals surface area contributed by atoms with E-state index in [2.05, 4.69) is 31.9 Å². The molecule has 1 heterocycles. The van der Waals surface area contributed by atoms with E-state index in [9.17, 15) is 8.42 Å². The Kier molecular flexibility index (Phi) is 3.88. The molecule has 110 valence electrons. The summed E-state index contributed by atoms with van der Waals surface area (Å²) >= 11 is 6.70. The van der Waals surface area contributed by atoms with Crippen molar-refractivity contribution in [3.8, 4) is 0 Å². The third kappa shape index (κ3) is 2.53. The largest absolute Gasteiger partial charge is 0.265 e. The van der Waals surface area contributed by atoms with Crippen molar-refractivity contribution >= 4 is 47.6 Å². The van der Waals surface area contributed by atoms with Crippen molar-refractivity contribution in [2.24, 2.45) is 0 Å². The molecule has 1 atom stereocenters. The van der Waals surface area contributed by atoms with Gasteiger partial charge in [-0.15, -0.1) is 0 Å². The van der Waals surface area contributed by atoms with Crippen molar-refractivity contribution < 1.29 is 8.42 Å². The van der Waals surface area contributed by atoms with Crippen LogP contribution in [-0.4, -0.2) is 14.5 Å². The lowest BCUT2D eigenvalue weighted by Gasteiger charge is -2.25. The van der Waals surface area contributed by atoms with Gasteiger partial charge in [-0.2, -0.15) is 0 Å².